The molecule has 0 saturated heterocycles. The first kappa shape index (κ1) is 20.5. The summed E-state index contributed by atoms with van der Waals surface area (Å²) in [5, 5.41) is 0. The van der Waals surface area contributed by atoms with E-state index in [9.17, 15) is 9.59 Å². The highest BCUT2D eigenvalue weighted by Gasteiger charge is 2.19. The lowest BCUT2D eigenvalue weighted by Crippen LogP contribution is -2.14. The largest absolute Gasteiger partial charge is 0.497 e. The second-order valence-electron chi connectivity index (χ2n) is 6.17. The Morgan fingerprint density at radius 2 is 1.44 bits per heavy atom. The van der Waals surface area contributed by atoms with E-state index < -0.39 is 11.9 Å². The molecule has 5 nitrogen and oxygen atoms in total. The van der Waals surface area contributed by atoms with Crippen LogP contribution in [0.5, 0.6) is 5.75 Å². The maximum Gasteiger partial charge on any atom is 0.339 e. The van der Waals surface area contributed by atoms with Gasteiger partial charge < -0.3 is 14.2 Å². The molecule has 0 aromatic heterocycles. The Bertz CT molecular complexity index is 737. The van der Waals surface area contributed by atoms with Crippen molar-refractivity contribution in [2.45, 2.75) is 39.2 Å². The first-order chi connectivity index (χ1) is 13.2. The van der Waals surface area contributed by atoms with E-state index in [4.69, 9.17) is 14.2 Å². The highest BCUT2D eigenvalue weighted by Crippen LogP contribution is 2.15. The Hall–Kier alpha value is -2.82. The summed E-state index contributed by atoms with van der Waals surface area (Å²) < 4.78 is 15.7. The van der Waals surface area contributed by atoms with Crippen LogP contribution in [0.15, 0.2) is 48.5 Å². The fraction of sp³-hybridized carbons (Fsp3) is 0.364. The van der Waals surface area contributed by atoms with Crippen molar-refractivity contribution in [3.05, 3.63) is 65.2 Å². The van der Waals surface area contributed by atoms with Crippen LogP contribution >= 0.6 is 0 Å². The fourth-order valence-electron chi connectivity index (χ4n) is 2.56. The molecule has 0 N–H and O–H groups in total. The van der Waals surface area contributed by atoms with E-state index >= 15 is 0 Å². The summed E-state index contributed by atoms with van der Waals surface area (Å²) in [5.41, 5.74) is 1.28. The van der Waals surface area contributed by atoms with E-state index in [1.165, 1.54) is 0 Å². The molecule has 0 aliphatic rings. The minimum absolute atomic E-state index is 0.114. The minimum atomic E-state index is -0.552. The predicted molar refractivity (Wildman–Crippen MR) is 103 cm³/mol. The van der Waals surface area contributed by atoms with Crippen molar-refractivity contribution in [1.29, 1.82) is 0 Å². The summed E-state index contributed by atoms with van der Waals surface area (Å²) >= 11 is 0. The summed E-state index contributed by atoms with van der Waals surface area (Å²) in [6.45, 7) is 2.59. The standard InChI is InChI=1S/C22H26O5/c1-3-4-5-8-15-26-21(23)19-9-6-7-10-20(19)22(24)27-16-17-11-13-18(25-2)14-12-17/h6-7,9-14H,3-5,8,15-16H2,1-2H3. The molecule has 0 saturated carbocycles. The molecule has 0 spiro atoms. The van der Waals surface area contributed by atoms with Crippen LogP contribution in [-0.4, -0.2) is 25.7 Å². The SMILES string of the molecule is CCCCCCOC(=O)c1ccccc1C(=O)OCc1ccc(OC)cc1. The molecule has 0 unspecified atom stereocenters. The second-order valence-corrected chi connectivity index (χ2v) is 6.17. The van der Waals surface area contributed by atoms with Crippen molar-refractivity contribution < 1.29 is 23.8 Å². The van der Waals surface area contributed by atoms with Crippen molar-refractivity contribution in [2.24, 2.45) is 0 Å². The Morgan fingerprint density at radius 1 is 0.815 bits per heavy atom. The minimum Gasteiger partial charge on any atom is -0.497 e. The van der Waals surface area contributed by atoms with Gasteiger partial charge in [0.1, 0.15) is 12.4 Å². The highest BCUT2D eigenvalue weighted by molar-refractivity contribution is 6.03. The Balaban J connectivity index is 1.94. The van der Waals surface area contributed by atoms with Crippen molar-refractivity contribution >= 4 is 11.9 Å². The molecule has 0 fully saturated rings. The molecule has 0 radical (unpaired) electrons. The number of carbonyl (C=O) groups excluding carboxylic acids is 2. The summed E-state index contributed by atoms with van der Waals surface area (Å²) in [5.74, 6) is -0.315. The Labute approximate surface area is 160 Å². The summed E-state index contributed by atoms with van der Waals surface area (Å²) in [7, 11) is 1.59. The lowest BCUT2D eigenvalue weighted by molar-refractivity contribution is 0.0436. The zero-order valence-electron chi connectivity index (χ0n) is 15.9. The van der Waals surface area contributed by atoms with Crippen LogP contribution in [0.1, 0.15) is 58.9 Å². The van der Waals surface area contributed by atoms with Gasteiger partial charge in [-0.05, 0) is 36.2 Å². The number of hydrogen-bond donors (Lipinski definition) is 0. The van der Waals surface area contributed by atoms with Gasteiger partial charge in [0.05, 0.1) is 24.8 Å². The van der Waals surface area contributed by atoms with Crippen LogP contribution in [0, 0.1) is 0 Å². The Kier molecular flexibility index (Phi) is 8.36. The monoisotopic (exact) mass is 370 g/mol. The van der Waals surface area contributed by atoms with E-state index in [0.29, 0.717) is 6.61 Å². The van der Waals surface area contributed by atoms with Gasteiger partial charge in [-0.3, -0.25) is 0 Å². The molecule has 0 aliphatic heterocycles. The summed E-state index contributed by atoms with van der Waals surface area (Å²) in [4.78, 5) is 24.7. The van der Waals surface area contributed by atoms with E-state index in [1.807, 2.05) is 12.1 Å². The van der Waals surface area contributed by atoms with Crippen LogP contribution in [0.2, 0.25) is 0 Å². The molecule has 2 rings (SSSR count). The molecular formula is C22H26O5. The number of methoxy groups -OCH3 is 1. The van der Waals surface area contributed by atoms with Crippen LogP contribution in [-0.2, 0) is 16.1 Å². The average molecular weight is 370 g/mol. The van der Waals surface area contributed by atoms with Crippen LogP contribution in [0.25, 0.3) is 0 Å². The Morgan fingerprint density at radius 3 is 2.04 bits per heavy atom. The van der Waals surface area contributed by atoms with Gasteiger partial charge in [-0.1, -0.05) is 50.5 Å². The first-order valence-corrected chi connectivity index (χ1v) is 9.22. The van der Waals surface area contributed by atoms with Crippen molar-refractivity contribution in [3.8, 4) is 5.75 Å². The smallest absolute Gasteiger partial charge is 0.339 e. The van der Waals surface area contributed by atoms with Gasteiger partial charge in [0, 0.05) is 0 Å². The quantitative estimate of drug-likeness (QED) is 0.444. The first-order valence-electron chi connectivity index (χ1n) is 9.22. The lowest BCUT2D eigenvalue weighted by atomic mass is 10.1. The summed E-state index contributed by atoms with van der Waals surface area (Å²) in [6, 6.07) is 13.8. The van der Waals surface area contributed by atoms with E-state index in [1.54, 1.807) is 43.5 Å². The molecule has 0 atom stereocenters. The molecule has 0 heterocycles. The molecule has 0 bridgehead atoms. The second kappa shape index (κ2) is 11.0. The third-order valence-corrected chi connectivity index (χ3v) is 4.13. The highest BCUT2D eigenvalue weighted by atomic mass is 16.5. The molecule has 5 heteroatoms. The number of esters is 2. The van der Waals surface area contributed by atoms with Gasteiger partial charge in [-0.15, -0.1) is 0 Å². The molecule has 0 aliphatic carbocycles. The van der Waals surface area contributed by atoms with Gasteiger partial charge >= 0.3 is 11.9 Å². The van der Waals surface area contributed by atoms with Crippen molar-refractivity contribution in [3.63, 3.8) is 0 Å². The molecule has 0 amide bonds. The van der Waals surface area contributed by atoms with Crippen molar-refractivity contribution in [2.75, 3.05) is 13.7 Å². The van der Waals surface area contributed by atoms with Crippen molar-refractivity contribution in [1.82, 2.24) is 0 Å². The zero-order chi connectivity index (χ0) is 19.5. The number of rotatable bonds is 10. The number of benzene rings is 2. The van der Waals surface area contributed by atoms with Gasteiger partial charge in [0.25, 0.3) is 0 Å². The maximum atomic E-state index is 12.4. The summed E-state index contributed by atoms with van der Waals surface area (Å²) in [6.07, 6.45) is 4.08. The lowest BCUT2D eigenvalue weighted by Gasteiger charge is -2.10. The normalized spacial score (nSPS) is 10.3. The third kappa shape index (κ3) is 6.44. The molecular weight excluding hydrogens is 344 g/mol. The molecule has 2 aromatic carbocycles. The maximum absolute atomic E-state index is 12.4. The van der Waals surface area contributed by atoms with Gasteiger partial charge in [-0.2, -0.15) is 0 Å². The third-order valence-electron chi connectivity index (χ3n) is 4.13. The van der Waals surface area contributed by atoms with Gasteiger partial charge in [-0.25, -0.2) is 9.59 Å². The van der Waals surface area contributed by atoms with Crippen LogP contribution in [0.3, 0.4) is 0 Å². The number of ether oxygens (including phenoxy) is 3. The van der Waals surface area contributed by atoms with Crippen LogP contribution in [0.4, 0.5) is 0 Å². The zero-order valence-corrected chi connectivity index (χ0v) is 15.9. The average Bonchev–Trinajstić information content (AvgIpc) is 2.72. The molecule has 2 aromatic rings. The topological polar surface area (TPSA) is 61.8 Å². The number of unbranched alkanes of at least 4 members (excludes halogenated alkanes) is 3. The molecule has 144 valence electrons. The molecule has 27 heavy (non-hydrogen) atoms. The van der Waals surface area contributed by atoms with E-state index in [-0.39, 0.29) is 17.7 Å². The van der Waals surface area contributed by atoms with E-state index in [0.717, 1.165) is 37.0 Å². The van der Waals surface area contributed by atoms with Gasteiger partial charge in [0.2, 0.25) is 0 Å². The number of hydrogen-bond acceptors (Lipinski definition) is 5. The fourth-order valence-corrected chi connectivity index (χ4v) is 2.56. The number of carbonyl (C=O) groups is 2. The predicted octanol–water partition coefficient (Wildman–Crippen LogP) is 4.79. The van der Waals surface area contributed by atoms with Gasteiger partial charge in [0.15, 0.2) is 0 Å². The van der Waals surface area contributed by atoms with E-state index in [2.05, 4.69) is 6.92 Å². The van der Waals surface area contributed by atoms with Crippen LogP contribution < -0.4 is 4.74 Å².